The van der Waals surface area contributed by atoms with Gasteiger partial charge in [0, 0.05) is 30.9 Å². The van der Waals surface area contributed by atoms with E-state index in [-0.39, 0.29) is 11.9 Å². The summed E-state index contributed by atoms with van der Waals surface area (Å²) in [6, 6.07) is 7.85. The molecule has 1 saturated heterocycles. The van der Waals surface area contributed by atoms with Gasteiger partial charge < -0.3 is 20.1 Å². The predicted octanol–water partition coefficient (Wildman–Crippen LogP) is 2.54. The molecule has 3 heterocycles. The molecule has 2 N–H and O–H groups in total. The zero-order valence-corrected chi connectivity index (χ0v) is 14.0. The summed E-state index contributed by atoms with van der Waals surface area (Å²) in [6.07, 6.45) is 5.52. The molecule has 0 spiro atoms. The van der Waals surface area contributed by atoms with Crippen molar-refractivity contribution < 1.29 is 9.84 Å². The average molecular weight is 346 g/mol. The minimum absolute atomic E-state index is 0.0302. The maximum absolute atomic E-state index is 9.90. The summed E-state index contributed by atoms with van der Waals surface area (Å²) >= 11 is 6.03. The normalized spacial score (nSPS) is 24.0. The van der Waals surface area contributed by atoms with Crippen molar-refractivity contribution in [3.05, 3.63) is 64.7 Å². The van der Waals surface area contributed by atoms with Gasteiger partial charge in [-0.2, -0.15) is 0 Å². The summed E-state index contributed by atoms with van der Waals surface area (Å²) < 4.78 is 5.45. The number of hydrogen-bond donors (Lipinski definition) is 2. The van der Waals surface area contributed by atoms with Crippen LogP contribution < -0.4 is 5.32 Å². The zero-order valence-electron chi connectivity index (χ0n) is 13.3. The van der Waals surface area contributed by atoms with Crippen LogP contribution in [-0.2, 0) is 4.74 Å². The Morgan fingerprint density at radius 1 is 1.21 bits per heavy atom. The maximum Gasteiger partial charge on any atom is 0.131 e. The summed E-state index contributed by atoms with van der Waals surface area (Å²) in [5.41, 5.74) is 3.33. The van der Waals surface area contributed by atoms with Gasteiger partial charge in [-0.3, -0.25) is 4.90 Å². The molecule has 5 nitrogen and oxygen atoms in total. The van der Waals surface area contributed by atoms with Gasteiger partial charge in [0.05, 0.1) is 24.6 Å². The van der Waals surface area contributed by atoms with Crippen LogP contribution in [0.25, 0.3) is 5.70 Å². The Bertz CT molecular complexity index is 705. The Kier molecular flexibility index (Phi) is 4.22. The number of allylic oxidation sites excluding steroid dienone is 1. The average Bonchev–Trinajstić information content (AvgIpc) is 2.94. The van der Waals surface area contributed by atoms with E-state index in [1.54, 1.807) is 12.3 Å². The van der Waals surface area contributed by atoms with Crippen LogP contribution in [0.3, 0.4) is 0 Å². The monoisotopic (exact) mass is 345 g/mol. The summed E-state index contributed by atoms with van der Waals surface area (Å²) in [5.74, 6) is 0.268. The van der Waals surface area contributed by atoms with Gasteiger partial charge in [0.1, 0.15) is 11.9 Å². The molecule has 3 aliphatic heterocycles. The van der Waals surface area contributed by atoms with Crippen LogP contribution in [0, 0.1) is 0 Å². The number of halogens is 1. The molecule has 1 aromatic carbocycles. The van der Waals surface area contributed by atoms with Gasteiger partial charge in [-0.1, -0.05) is 23.7 Å². The van der Waals surface area contributed by atoms with Gasteiger partial charge >= 0.3 is 0 Å². The lowest BCUT2D eigenvalue weighted by atomic mass is 10.1. The first-order valence-corrected chi connectivity index (χ1v) is 8.51. The summed E-state index contributed by atoms with van der Waals surface area (Å²) in [6.45, 7) is 4.17. The van der Waals surface area contributed by atoms with Gasteiger partial charge in [0.2, 0.25) is 0 Å². The first kappa shape index (κ1) is 15.6. The standard InChI is InChI=1S/C18H20ClN3O2/c19-14-3-1-13(2-4-14)18-16(12-21-7-9-24-10-8-21)22-11-15(23)5-6-17(22)20-18/h1-6,11,17,20,23H,7-10,12H2. The van der Waals surface area contributed by atoms with Crippen LogP contribution >= 0.6 is 11.6 Å². The van der Waals surface area contributed by atoms with Crippen molar-refractivity contribution in [3.8, 4) is 0 Å². The van der Waals surface area contributed by atoms with E-state index < -0.39 is 0 Å². The third-order valence-electron chi connectivity index (χ3n) is 4.52. The molecule has 0 aliphatic carbocycles. The molecular formula is C18H20ClN3O2. The molecule has 24 heavy (non-hydrogen) atoms. The van der Waals surface area contributed by atoms with E-state index in [0.29, 0.717) is 0 Å². The molecule has 126 valence electrons. The SMILES string of the molecule is OC1=CN2C(CN3CCOCC3)=C(c3ccc(Cl)cc3)NC2C=C1. The van der Waals surface area contributed by atoms with Crippen LogP contribution in [0.5, 0.6) is 0 Å². The molecule has 0 amide bonds. The van der Waals surface area contributed by atoms with Crippen molar-refractivity contribution >= 4 is 17.3 Å². The third-order valence-corrected chi connectivity index (χ3v) is 4.77. The molecule has 6 heteroatoms. The number of aliphatic hydroxyl groups is 1. The lowest BCUT2D eigenvalue weighted by Gasteiger charge is -2.31. The Morgan fingerprint density at radius 2 is 1.96 bits per heavy atom. The van der Waals surface area contributed by atoms with Gasteiger partial charge in [0.25, 0.3) is 0 Å². The number of fused-ring (bicyclic) bond motifs is 1. The van der Waals surface area contributed by atoms with Crippen LogP contribution in [0.4, 0.5) is 0 Å². The molecule has 0 saturated carbocycles. The fourth-order valence-corrected chi connectivity index (χ4v) is 3.40. The Balaban J connectivity index is 1.69. The molecule has 1 unspecified atom stereocenters. The van der Waals surface area contributed by atoms with E-state index >= 15 is 0 Å². The van der Waals surface area contributed by atoms with Gasteiger partial charge in [0.15, 0.2) is 0 Å². The molecule has 3 aliphatic rings. The summed E-state index contributed by atoms with van der Waals surface area (Å²) in [4.78, 5) is 4.48. The second-order valence-electron chi connectivity index (χ2n) is 6.13. The van der Waals surface area contributed by atoms with Gasteiger partial charge in [-0.05, 0) is 29.8 Å². The Hall–Kier alpha value is -1.95. The lowest BCUT2D eigenvalue weighted by Crippen LogP contribution is -2.40. The minimum atomic E-state index is 0.0302. The first-order valence-electron chi connectivity index (χ1n) is 8.14. The first-order chi connectivity index (χ1) is 11.7. The lowest BCUT2D eigenvalue weighted by molar-refractivity contribution is 0.0400. The number of nitrogens with zero attached hydrogens (tertiary/aromatic N) is 2. The molecular weight excluding hydrogens is 326 g/mol. The van der Waals surface area contributed by atoms with Crippen molar-refractivity contribution in [2.24, 2.45) is 0 Å². The van der Waals surface area contributed by atoms with E-state index in [1.807, 2.05) is 30.3 Å². The van der Waals surface area contributed by atoms with Crippen molar-refractivity contribution in [3.63, 3.8) is 0 Å². The molecule has 1 aromatic rings. The molecule has 0 radical (unpaired) electrons. The summed E-state index contributed by atoms with van der Waals surface area (Å²) in [7, 11) is 0. The predicted molar refractivity (Wildman–Crippen MR) is 94.2 cm³/mol. The molecule has 0 bridgehead atoms. The number of nitrogens with one attached hydrogen (secondary N) is 1. The highest BCUT2D eigenvalue weighted by Crippen LogP contribution is 2.32. The number of benzene rings is 1. The van der Waals surface area contributed by atoms with Crippen molar-refractivity contribution in [2.75, 3.05) is 32.8 Å². The minimum Gasteiger partial charge on any atom is -0.506 e. The van der Waals surface area contributed by atoms with Crippen LogP contribution in [0.1, 0.15) is 5.56 Å². The number of ether oxygens (including phenoxy) is 1. The van der Waals surface area contributed by atoms with E-state index in [1.165, 1.54) is 0 Å². The molecule has 1 atom stereocenters. The highest BCUT2D eigenvalue weighted by atomic mass is 35.5. The highest BCUT2D eigenvalue weighted by molar-refractivity contribution is 6.30. The smallest absolute Gasteiger partial charge is 0.131 e. The third kappa shape index (κ3) is 3.02. The van der Waals surface area contributed by atoms with Crippen LogP contribution in [0.15, 0.2) is 54.1 Å². The van der Waals surface area contributed by atoms with Crippen LogP contribution in [0.2, 0.25) is 5.02 Å². The molecule has 4 rings (SSSR count). The van der Waals surface area contributed by atoms with Gasteiger partial charge in [-0.15, -0.1) is 0 Å². The van der Waals surface area contributed by atoms with E-state index in [0.717, 1.165) is 54.8 Å². The number of aliphatic hydroxyl groups excluding tert-OH is 1. The summed E-state index contributed by atoms with van der Waals surface area (Å²) in [5, 5.41) is 14.2. The second-order valence-corrected chi connectivity index (χ2v) is 6.56. The maximum atomic E-state index is 9.90. The second kappa shape index (κ2) is 6.51. The number of rotatable bonds is 3. The Morgan fingerprint density at radius 3 is 2.71 bits per heavy atom. The fraction of sp³-hybridized carbons (Fsp3) is 0.333. The highest BCUT2D eigenvalue weighted by Gasteiger charge is 2.32. The van der Waals surface area contributed by atoms with Crippen molar-refractivity contribution in [1.29, 1.82) is 0 Å². The largest absolute Gasteiger partial charge is 0.506 e. The van der Waals surface area contributed by atoms with E-state index in [2.05, 4.69) is 15.1 Å². The Labute approximate surface area is 146 Å². The van der Waals surface area contributed by atoms with Crippen LogP contribution in [-0.4, -0.2) is 53.9 Å². The quantitative estimate of drug-likeness (QED) is 0.881. The van der Waals surface area contributed by atoms with Crippen molar-refractivity contribution in [2.45, 2.75) is 6.17 Å². The van der Waals surface area contributed by atoms with E-state index in [9.17, 15) is 5.11 Å². The number of morpholine rings is 1. The number of hydrogen-bond acceptors (Lipinski definition) is 5. The zero-order chi connectivity index (χ0) is 16.5. The van der Waals surface area contributed by atoms with Gasteiger partial charge in [-0.25, -0.2) is 0 Å². The molecule has 0 aromatic heterocycles. The van der Waals surface area contributed by atoms with E-state index in [4.69, 9.17) is 16.3 Å². The van der Waals surface area contributed by atoms with Crippen molar-refractivity contribution in [1.82, 2.24) is 15.1 Å². The fourth-order valence-electron chi connectivity index (χ4n) is 3.27. The topological polar surface area (TPSA) is 48.0 Å². The molecule has 1 fully saturated rings.